The third kappa shape index (κ3) is 14.3. The van der Waals surface area contributed by atoms with Gasteiger partial charge in [-0.15, -0.1) is 0 Å². The molecule has 4 rings (SSSR count). The second-order valence-electron chi connectivity index (χ2n) is 25.4. The molecule has 0 unspecified atom stereocenters. The number of hydrogen-bond acceptors (Lipinski definition) is 4. The van der Waals surface area contributed by atoms with Crippen molar-refractivity contribution >= 4 is 8.60 Å². The molecular weight excluding hydrogens is 768 g/mol. The summed E-state index contributed by atoms with van der Waals surface area (Å²) in [6.07, 6.45) is 0. The Labute approximate surface area is 375 Å². The summed E-state index contributed by atoms with van der Waals surface area (Å²) < 4.78 is 20.7. The van der Waals surface area contributed by atoms with Gasteiger partial charge < -0.3 is 18.7 Å². The molecule has 0 saturated carbocycles. The van der Waals surface area contributed by atoms with Crippen molar-refractivity contribution in [2.75, 3.05) is 0 Å². The number of hydrogen-bond donors (Lipinski definition) is 1. The van der Waals surface area contributed by atoms with E-state index in [4.69, 9.17) is 13.6 Å². The fraction of sp³-hybridized carbons (Fsp3) is 0.571. The lowest BCUT2D eigenvalue weighted by Gasteiger charge is -2.31. The summed E-state index contributed by atoms with van der Waals surface area (Å²) in [4.78, 5) is 0. The van der Waals surface area contributed by atoms with Crippen molar-refractivity contribution < 1.29 is 18.7 Å². The Balaban J connectivity index is 0.000000555. The number of rotatable bonds is 6. The highest BCUT2D eigenvalue weighted by atomic mass is 31.2. The van der Waals surface area contributed by atoms with Crippen molar-refractivity contribution in [3.8, 4) is 23.0 Å². The SMILES string of the molecule is CC(C)(C)c1ccc(O)c(C(C)(C)C)c1.CC(C)(C)c1ccc(OP(Oc2ccc(C(C)(C)C)cc2C(C)(C)C)Oc2ccc(C(C)(C)C)cc2C(C)(C)C)c(C(C)(C)C)c1. The molecule has 0 saturated heterocycles. The zero-order valence-electron chi connectivity index (χ0n) is 43.0. The molecule has 0 spiro atoms. The Hall–Kier alpha value is -3.49. The Morgan fingerprint density at radius 1 is 0.295 bits per heavy atom. The number of phenols is 1. The molecule has 0 atom stereocenters. The average molecular weight is 853 g/mol. The fourth-order valence-electron chi connectivity index (χ4n) is 6.89. The quantitative estimate of drug-likeness (QED) is 0.196. The van der Waals surface area contributed by atoms with E-state index < -0.39 is 8.60 Å². The summed E-state index contributed by atoms with van der Waals surface area (Å²) in [7, 11) is -1.89. The molecule has 4 nitrogen and oxygen atoms in total. The first kappa shape index (κ1) is 51.9. The first-order chi connectivity index (χ1) is 27.2. The van der Waals surface area contributed by atoms with Gasteiger partial charge in [0.25, 0.3) is 0 Å². The molecule has 5 heteroatoms. The van der Waals surface area contributed by atoms with E-state index in [0.717, 1.165) is 39.5 Å². The standard InChI is InChI=1S/C42H63O3P.C14H22O/c1-37(2,3)28-19-22-34(31(25-28)40(10,11)12)43-46(44-35-23-20-29(38(4,5)6)26-32(35)41(13,14)15)45-36-24-21-30(39(7,8)9)27-33(36)42(16,17)18;1-13(2,3)10-7-8-12(15)11(9-10)14(4,5)6/h19-27H,1-18H3;7-9,15H,1-6H3. The maximum atomic E-state index is 9.84. The molecule has 0 aliphatic rings. The second kappa shape index (κ2) is 17.9. The van der Waals surface area contributed by atoms with Crippen LogP contribution in [0, 0.1) is 0 Å². The summed E-state index contributed by atoms with van der Waals surface area (Å²) in [5.74, 6) is 2.77. The van der Waals surface area contributed by atoms with Crippen LogP contribution in [0.1, 0.15) is 211 Å². The lowest BCUT2D eigenvalue weighted by molar-refractivity contribution is 0.371. The Morgan fingerprint density at radius 2 is 0.508 bits per heavy atom. The van der Waals surface area contributed by atoms with Crippen molar-refractivity contribution in [1.82, 2.24) is 0 Å². The zero-order chi connectivity index (χ0) is 47.1. The van der Waals surface area contributed by atoms with Gasteiger partial charge >= 0.3 is 8.60 Å². The lowest BCUT2D eigenvalue weighted by atomic mass is 9.80. The van der Waals surface area contributed by atoms with E-state index in [1.807, 2.05) is 6.07 Å². The minimum atomic E-state index is -1.89. The predicted molar refractivity (Wildman–Crippen MR) is 266 cm³/mol. The van der Waals surface area contributed by atoms with E-state index in [1.165, 1.54) is 22.3 Å². The van der Waals surface area contributed by atoms with Crippen LogP contribution in [0.15, 0.2) is 72.8 Å². The van der Waals surface area contributed by atoms with Gasteiger partial charge in [0.05, 0.1) is 0 Å². The maximum Gasteiger partial charge on any atom is 0.530 e. The highest BCUT2D eigenvalue weighted by molar-refractivity contribution is 7.43. The van der Waals surface area contributed by atoms with Gasteiger partial charge in [0.1, 0.15) is 23.0 Å². The van der Waals surface area contributed by atoms with Crippen molar-refractivity contribution in [2.24, 2.45) is 0 Å². The van der Waals surface area contributed by atoms with Gasteiger partial charge in [-0.2, -0.15) is 0 Å². The Kier molecular flexibility index (Phi) is 15.3. The average Bonchev–Trinajstić information content (AvgIpc) is 3.05. The molecule has 0 aliphatic heterocycles. The molecule has 0 aromatic heterocycles. The van der Waals surface area contributed by atoms with Crippen molar-refractivity contribution in [1.29, 1.82) is 0 Å². The van der Waals surface area contributed by atoms with Gasteiger partial charge in [-0.05, 0) is 95.4 Å². The van der Waals surface area contributed by atoms with Crippen LogP contribution >= 0.6 is 8.60 Å². The number of aromatic hydroxyl groups is 1. The smallest absolute Gasteiger partial charge is 0.508 e. The second-order valence-corrected chi connectivity index (χ2v) is 26.4. The topological polar surface area (TPSA) is 47.9 Å². The van der Waals surface area contributed by atoms with Crippen molar-refractivity contribution in [3.63, 3.8) is 0 Å². The monoisotopic (exact) mass is 853 g/mol. The summed E-state index contributed by atoms with van der Waals surface area (Å²) in [5.41, 5.74) is 9.26. The van der Waals surface area contributed by atoms with Crippen molar-refractivity contribution in [3.05, 3.63) is 117 Å². The molecule has 0 heterocycles. The molecular formula is C56H85O4P. The molecule has 4 aromatic rings. The first-order valence-corrected chi connectivity index (χ1v) is 23.4. The largest absolute Gasteiger partial charge is 0.530 e. The minimum absolute atomic E-state index is 0.00859. The highest BCUT2D eigenvalue weighted by Gasteiger charge is 2.33. The van der Waals surface area contributed by atoms with E-state index in [2.05, 4.69) is 227 Å². The van der Waals surface area contributed by atoms with Gasteiger partial charge in [-0.1, -0.05) is 215 Å². The van der Waals surface area contributed by atoms with E-state index in [-0.39, 0.29) is 43.3 Å². The third-order valence-corrected chi connectivity index (χ3v) is 12.2. The Bertz CT molecular complexity index is 1920. The molecule has 0 fully saturated rings. The maximum absolute atomic E-state index is 9.84. The molecule has 0 amide bonds. The Morgan fingerprint density at radius 3 is 0.721 bits per heavy atom. The van der Waals surface area contributed by atoms with E-state index >= 15 is 0 Å². The van der Waals surface area contributed by atoms with Crippen LogP contribution in [0.4, 0.5) is 0 Å². The normalized spacial score (nSPS) is 13.5. The number of benzene rings is 4. The van der Waals surface area contributed by atoms with Gasteiger partial charge in [0, 0.05) is 16.7 Å². The minimum Gasteiger partial charge on any atom is -0.508 e. The van der Waals surface area contributed by atoms with Crippen LogP contribution in [0.5, 0.6) is 23.0 Å². The predicted octanol–water partition coefficient (Wildman–Crippen LogP) is 17.2. The van der Waals surface area contributed by atoms with Crippen molar-refractivity contribution in [2.45, 2.75) is 209 Å². The van der Waals surface area contributed by atoms with Crippen LogP contribution in [-0.2, 0) is 43.3 Å². The summed E-state index contributed by atoms with van der Waals surface area (Å²) in [5, 5.41) is 9.84. The van der Waals surface area contributed by atoms with Crippen LogP contribution in [0.2, 0.25) is 0 Å². The molecule has 0 bridgehead atoms. The molecule has 4 aromatic carbocycles. The van der Waals surface area contributed by atoms with Gasteiger partial charge in [0.15, 0.2) is 0 Å². The fourth-order valence-corrected chi connectivity index (χ4v) is 7.96. The summed E-state index contributed by atoms with van der Waals surface area (Å²) in [6, 6.07) is 25.6. The number of phenolic OH excluding ortho intramolecular Hbond substituents is 1. The van der Waals surface area contributed by atoms with E-state index in [9.17, 15) is 5.11 Å². The van der Waals surface area contributed by atoms with Crippen LogP contribution < -0.4 is 13.6 Å². The van der Waals surface area contributed by atoms with Gasteiger partial charge in [0.2, 0.25) is 0 Å². The lowest BCUT2D eigenvalue weighted by Crippen LogP contribution is -2.20. The molecule has 61 heavy (non-hydrogen) atoms. The van der Waals surface area contributed by atoms with Crippen LogP contribution in [0.25, 0.3) is 0 Å². The molecule has 1 N–H and O–H groups in total. The zero-order valence-corrected chi connectivity index (χ0v) is 43.9. The first-order valence-electron chi connectivity index (χ1n) is 22.3. The molecule has 0 aliphatic carbocycles. The highest BCUT2D eigenvalue weighted by Crippen LogP contribution is 2.50. The van der Waals surface area contributed by atoms with Crippen LogP contribution in [-0.4, -0.2) is 5.11 Å². The molecule has 338 valence electrons. The van der Waals surface area contributed by atoms with E-state index in [0.29, 0.717) is 5.75 Å². The van der Waals surface area contributed by atoms with Crippen LogP contribution in [0.3, 0.4) is 0 Å². The van der Waals surface area contributed by atoms with Gasteiger partial charge in [-0.25, -0.2) is 0 Å². The summed E-state index contributed by atoms with van der Waals surface area (Å²) >= 11 is 0. The third-order valence-electron chi connectivity index (χ3n) is 11.2. The molecule has 0 radical (unpaired) electrons. The summed E-state index contributed by atoms with van der Waals surface area (Å²) in [6.45, 7) is 53.3. The van der Waals surface area contributed by atoms with E-state index in [1.54, 1.807) is 6.07 Å². The van der Waals surface area contributed by atoms with Gasteiger partial charge in [-0.3, -0.25) is 0 Å².